The highest BCUT2D eigenvalue weighted by Gasteiger charge is 2.24. The van der Waals surface area contributed by atoms with E-state index in [-0.39, 0.29) is 0 Å². The molecule has 7 heteroatoms. The highest BCUT2D eigenvalue weighted by atomic mass is 16.5. The third kappa shape index (κ3) is 7.38. The van der Waals surface area contributed by atoms with Gasteiger partial charge in [-0.2, -0.15) is 0 Å². The number of aliphatic imine (C=N–C) groups is 1. The molecule has 0 unspecified atom stereocenters. The molecule has 28 heavy (non-hydrogen) atoms. The van der Waals surface area contributed by atoms with E-state index in [4.69, 9.17) is 9.47 Å². The lowest BCUT2D eigenvalue weighted by atomic mass is 9.93. The quantitative estimate of drug-likeness (QED) is 0.304. The molecule has 158 valence electrons. The first-order valence-corrected chi connectivity index (χ1v) is 9.92. The normalized spacial score (nSPS) is 11.9. The monoisotopic (exact) mass is 393 g/mol. The van der Waals surface area contributed by atoms with E-state index in [1.165, 1.54) is 14.2 Å². The van der Waals surface area contributed by atoms with E-state index in [1.807, 2.05) is 13.0 Å². The van der Waals surface area contributed by atoms with E-state index in [2.05, 4.69) is 29.5 Å². The van der Waals surface area contributed by atoms with Crippen LogP contribution in [0.4, 0.5) is 0 Å². The van der Waals surface area contributed by atoms with Crippen molar-refractivity contribution in [1.82, 2.24) is 10.6 Å². The summed E-state index contributed by atoms with van der Waals surface area (Å²) in [6, 6.07) is 5.29. The van der Waals surface area contributed by atoms with E-state index in [9.17, 15) is 9.90 Å². The van der Waals surface area contributed by atoms with Gasteiger partial charge in [-0.1, -0.05) is 32.8 Å². The van der Waals surface area contributed by atoms with Gasteiger partial charge in [-0.05, 0) is 37.5 Å². The van der Waals surface area contributed by atoms with Crippen molar-refractivity contribution in [3.05, 3.63) is 29.3 Å². The molecule has 0 aromatic heterocycles. The minimum Gasteiger partial charge on any atom is -0.496 e. The maximum Gasteiger partial charge on any atom is 0.341 e. The van der Waals surface area contributed by atoms with Crippen molar-refractivity contribution < 1.29 is 19.4 Å². The lowest BCUT2D eigenvalue weighted by molar-refractivity contribution is 0.0257. The van der Waals surface area contributed by atoms with Crippen LogP contribution in [0.3, 0.4) is 0 Å². The molecule has 0 aliphatic rings. The molecule has 0 fully saturated rings. The predicted octanol–water partition coefficient (Wildman–Crippen LogP) is 2.87. The average molecular weight is 394 g/mol. The van der Waals surface area contributed by atoms with Gasteiger partial charge >= 0.3 is 5.97 Å². The molecule has 7 nitrogen and oxygen atoms in total. The van der Waals surface area contributed by atoms with Crippen molar-refractivity contribution in [2.45, 2.75) is 58.6 Å². The summed E-state index contributed by atoms with van der Waals surface area (Å²) in [5.41, 5.74) is 0.552. The Morgan fingerprint density at radius 1 is 1.14 bits per heavy atom. The Balaban J connectivity index is 2.87. The van der Waals surface area contributed by atoms with Crippen LogP contribution in [0.5, 0.6) is 5.75 Å². The van der Waals surface area contributed by atoms with Gasteiger partial charge < -0.3 is 25.2 Å². The van der Waals surface area contributed by atoms with Crippen LogP contribution in [-0.4, -0.2) is 49.9 Å². The Labute approximate surface area is 168 Å². The van der Waals surface area contributed by atoms with Gasteiger partial charge in [0.2, 0.25) is 0 Å². The number of nitrogens with one attached hydrogen (secondary N) is 2. The van der Waals surface area contributed by atoms with Gasteiger partial charge in [-0.25, -0.2) is 9.79 Å². The lowest BCUT2D eigenvalue weighted by Crippen LogP contribution is -2.47. The standard InChI is InChI=1S/C21H35N3O4/c1-6-11-21(26,12-7-2)15-24-20(22-8-3)23-14-16-9-10-17(19(25)28-5)18(13-16)27-4/h9-10,13,26H,6-8,11-12,14-15H2,1-5H3,(H2,22,23,24). The highest BCUT2D eigenvalue weighted by molar-refractivity contribution is 5.92. The largest absolute Gasteiger partial charge is 0.496 e. The van der Waals surface area contributed by atoms with Crippen LogP contribution < -0.4 is 15.4 Å². The second kappa shape index (κ2) is 12.2. The van der Waals surface area contributed by atoms with Crippen LogP contribution in [-0.2, 0) is 11.3 Å². The Hall–Kier alpha value is -2.28. The summed E-state index contributed by atoms with van der Waals surface area (Å²) >= 11 is 0. The number of nitrogens with zero attached hydrogens (tertiary/aromatic N) is 1. The van der Waals surface area contributed by atoms with Gasteiger partial charge in [0.05, 0.1) is 26.4 Å². The smallest absolute Gasteiger partial charge is 0.341 e. The first-order valence-electron chi connectivity index (χ1n) is 9.92. The van der Waals surface area contributed by atoms with Crippen LogP contribution >= 0.6 is 0 Å². The van der Waals surface area contributed by atoms with Crippen LogP contribution in [0.1, 0.15) is 62.4 Å². The van der Waals surface area contributed by atoms with Crippen molar-refractivity contribution in [3.8, 4) is 5.75 Å². The zero-order valence-corrected chi connectivity index (χ0v) is 17.8. The summed E-state index contributed by atoms with van der Waals surface area (Å²) < 4.78 is 10.1. The molecule has 1 rings (SSSR count). The Kier molecular flexibility index (Phi) is 10.4. The first-order chi connectivity index (χ1) is 13.4. The number of esters is 1. The third-order valence-electron chi connectivity index (χ3n) is 4.45. The van der Waals surface area contributed by atoms with Crippen molar-refractivity contribution in [2.75, 3.05) is 27.3 Å². The molecule has 0 saturated carbocycles. The third-order valence-corrected chi connectivity index (χ3v) is 4.45. The van der Waals surface area contributed by atoms with Crippen LogP contribution in [0.25, 0.3) is 0 Å². The molecule has 0 amide bonds. The molecule has 0 heterocycles. The molecule has 0 atom stereocenters. The van der Waals surface area contributed by atoms with E-state index < -0.39 is 11.6 Å². The van der Waals surface area contributed by atoms with E-state index >= 15 is 0 Å². The lowest BCUT2D eigenvalue weighted by Gasteiger charge is -2.28. The Morgan fingerprint density at radius 3 is 2.36 bits per heavy atom. The number of guanidine groups is 1. The zero-order chi connectivity index (χ0) is 21.0. The molecule has 3 N–H and O–H groups in total. The number of benzene rings is 1. The molecule has 0 bridgehead atoms. The average Bonchev–Trinajstić information content (AvgIpc) is 2.69. The van der Waals surface area contributed by atoms with Gasteiger partial charge in [-0.3, -0.25) is 0 Å². The van der Waals surface area contributed by atoms with Crippen molar-refractivity contribution in [3.63, 3.8) is 0 Å². The minimum absolute atomic E-state index is 0.381. The number of methoxy groups -OCH3 is 2. The summed E-state index contributed by atoms with van der Waals surface area (Å²) in [6.07, 6.45) is 3.36. The van der Waals surface area contributed by atoms with Gasteiger partial charge in [-0.15, -0.1) is 0 Å². The van der Waals surface area contributed by atoms with Crippen LogP contribution in [0, 0.1) is 0 Å². The summed E-state index contributed by atoms with van der Waals surface area (Å²) in [7, 11) is 2.86. The summed E-state index contributed by atoms with van der Waals surface area (Å²) in [4.78, 5) is 16.4. The Bertz CT molecular complexity index is 641. The zero-order valence-electron chi connectivity index (χ0n) is 17.8. The second-order valence-electron chi connectivity index (χ2n) is 6.80. The molecule has 0 spiro atoms. The van der Waals surface area contributed by atoms with Crippen molar-refractivity contribution in [1.29, 1.82) is 0 Å². The highest BCUT2D eigenvalue weighted by Crippen LogP contribution is 2.22. The van der Waals surface area contributed by atoms with Crippen molar-refractivity contribution in [2.24, 2.45) is 4.99 Å². The number of carbonyl (C=O) groups is 1. The number of aliphatic hydroxyl groups is 1. The molecule has 1 aromatic rings. The maximum absolute atomic E-state index is 11.8. The van der Waals surface area contributed by atoms with Crippen molar-refractivity contribution >= 4 is 11.9 Å². The minimum atomic E-state index is -0.731. The molecule has 0 saturated heterocycles. The van der Waals surface area contributed by atoms with Gasteiger partial charge in [0.25, 0.3) is 0 Å². The van der Waals surface area contributed by atoms with E-state index in [0.29, 0.717) is 30.4 Å². The number of hydrogen-bond donors (Lipinski definition) is 3. The number of ether oxygens (including phenoxy) is 2. The first kappa shape index (κ1) is 23.8. The summed E-state index contributed by atoms with van der Waals surface area (Å²) in [5.74, 6) is 0.662. The number of rotatable bonds is 11. The predicted molar refractivity (Wildman–Crippen MR) is 112 cm³/mol. The second-order valence-corrected chi connectivity index (χ2v) is 6.80. The SMILES string of the molecule is CCCC(O)(CCC)CNC(=NCc1ccc(C(=O)OC)c(OC)c1)NCC. The van der Waals surface area contributed by atoms with Gasteiger partial charge in [0.1, 0.15) is 11.3 Å². The maximum atomic E-state index is 11.8. The molecule has 1 aromatic carbocycles. The van der Waals surface area contributed by atoms with Crippen LogP contribution in [0.15, 0.2) is 23.2 Å². The molecular formula is C21H35N3O4. The summed E-state index contributed by atoms with van der Waals surface area (Å²) in [5, 5.41) is 17.2. The van der Waals surface area contributed by atoms with Crippen LogP contribution in [0.2, 0.25) is 0 Å². The van der Waals surface area contributed by atoms with Gasteiger partial charge in [0.15, 0.2) is 5.96 Å². The molecule has 0 aliphatic carbocycles. The molecule has 0 aliphatic heterocycles. The Morgan fingerprint density at radius 2 is 1.82 bits per heavy atom. The number of carbonyl (C=O) groups excluding carboxylic acids is 1. The number of hydrogen-bond acceptors (Lipinski definition) is 5. The van der Waals surface area contributed by atoms with E-state index in [0.717, 1.165) is 37.8 Å². The molecule has 0 radical (unpaired) electrons. The van der Waals surface area contributed by atoms with E-state index in [1.54, 1.807) is 12.1 Å². The molecular weight excluding hydrogens is 358 g/mol. The topological polar surface area (TPSA) is 92.2 Å². The fraction of sp³-hybridized carbons (Fsp3) is 0.619. The fourth-order valence-electron chi connectivity index (χ4n) is 3.11. The summed E-state index contributed by atoms with van der Waals surface area (Å²) in [6.45, 7) is 7.72. The fourth-order valence-corrected chi connectivity index (χ4v) is 3.11. The van der Waals surface area contributed by atoms with Gasteiger partial charge in [0, 0.05) is 13.1 Å².